The lowest BCUT2D eigenvalue weighted by Crippen LogP contribution is -2.02. The van der Waals surface area contributed by atoms with Gasteiger partial charge in [-0.2, -0.15) is 0 Å². The lowest BCUT2D eigenvalue weighted by Gasteiger charge is -2.10. The third-order valence-corrected chi connectivity index (χ3v) is 3.07. The van der Waals surface area contributed by atoms with E-state index in [0.717, 1.165) is 11.1 Å². The van der Waals surface area contributed by atoms with Crippen LogP contribution in [0.1, 0.15) is 24.8 Å². The molecule has 1 N–H and O–H groups in total. The lowest BCUT2D eigenvalue weighted by atomic mass is 9.95. The molecule has 92 valence electrons. The van der Waals surface area contributed by atoms with Crippen molar-refractivity contribution in [3.05, 3.63) is 60.2 Å². The maximum Gasteiger partial charge on any atom is 0.303 e. The summed E-state index contributed by atoms with van der Waals surface area (Å²) in [5, 5.41) is 8.78. The average Bonchev–Trinajstić information content (AvgIpc) is 2.39. The molecule has 0 aliphatic rings. The Balaban J connectivity index is 2.18. The number of carboxylic acid groups (broad SMARTS) is 1. The molecule has 0 radical (unpaired) electrons. The van der Waals surface area contributed by atoms with Gasteiger partial charge in [0.05, 0.1) is 6.42 Å². The Morgan fingerprint density at radius 2 is 1.56 bits per heavy atom. The summed E-state index contributed by atoms with van der Waals surface area (Å²) < 4.78 is 0. The Morgan fingerprint density at radius 3 is 2.11 bits per heavy atom. The summed E-state index contributed by atoms with van der Waals surface area (Å²) in [6, 6.07) is 18.3. The maximum atomic E-state index is 10.7. The van der Waals surface area contributed by atoms with E-state index in [0.29, 0.717) is 0 Å². The van der Waals surface area contributed by atoms with Crippen LogP contribution in [0.3, 0.4) is 0 Å². The van der Waals surface area contributed by atoms with Crippen LogP contribution in [0.5, 0.6) is 0 Å². The van der Waals surface area contributed by atoms with Crippen LogP contribution in [0.2, 0.25) is 0 Å². The summed E-state index contributed by atoms with van der Waals surface area (Å²) in [5.74, 6) is -0.707. The van der Waals surface area contributed by atoms with E-state index in [1.165, 1.54) is 5.56 Å². The highest BCUT2D eigenvalue weighted by Crippen LogP contribution is 2.24. The zero-order valence-electron chi connectivity index (χ0n) is 10.3. The Morgan fingerprint density at radius 1 is 1.00 bits per heavy atom. The summed E-state index contributed by atoms with van der Waals surface area (Å²) in [4.78, 5) is 10.7. The molecule has 2 heteroatoms. The van der Waals surface area contributed by atoms with Gasteiger partial charge in [-0.05, 0) is 22.6 Å². The summed E-state index contributed by atoms with van der Waals surface area (Å²) >= 11 is 0. The van der Waals surface area contributed by atoms with E-state index < -0.39 is 5.97 Å². The molecule has 0 heterocycles. The normalized spacial score (nSPS) is 12.1. The van der Waals surface area contributed by atoms with Crippen molar-refractivity contribution in [2.45, 2.75) is 19.3 Å². The zero-order chi connectivity index (χ0) is 13.0. The first-order valence-electron chi connectivity index (χ1n) is 6.04. The topological polar surface area (TPSA) is 37.3 Å². The van der Waals surface area contributed by atoms with Crippen molar-refractivity contribution < 1.29 is 9.90 Å². The molecule has 0 bridgehead atoms. The fourth-order valence-electron chi connectivity index (χ4n) is 2.01. The van der Waals surface area contributed by atoms with Crippen molar-refractivity contribution in [2.24, 2.45) is 0 Å². The number of rotatable bonds is 4. The standard InChI is InChI=1S/C16H16O2/c1-12(11-16(17)18)13-7-9-15(10-8-13)14-5-3-2-4-6-14/h2-10,12H,11H2,1H3,(H,17,18)/t12-/m1/s1. The molecule has 2 nitrogen and oxygen atoms in total. The molecule has 0 aliphatic heterocycles. The molecule has 0 fully saturated rings. The molecule has 18 heavy (non-hydrogen) atoms. The molecule has 2 aromatic carbocycles. The first-order valence-corrected chi connectivity index (χ1v) is 6.04. The van der Waals surface area contributed by atoms with Crippen molar-refractivity contribution in [1.82, 2.24) is 0 Å². The minimum absolute atomic E-state index is 0.0484. The van der Waals surface area contributed by atoms with Gasteiger partial charge in [-0.15, -0.1) is 0 Å². The van der Waals surface area contributed by atoms with Crippen molar-refractivity contribution in [3.63, 3.8) is 0 Å². The van der Waals surface area contributed by atoms with E-state index in [2.05, 4.69) is 12.1 Å². The second-order valence-corrected chi connectivity index (χ2v) is 4.49. The molecule has 0 aliphatic carbocycles. The molecular weight excluding hydrogens is 224 g/mol. The fraction of sp³-hybridized carbons (Fsp3) is 0.188. The molecule has 0 saturated heterocycles. The molecule has 2 rings (SSSR count). The number of benzene rings is 2. The van der Waals surface area contributed by atoms with Gasteiger partial charge in [0.1, 0.15) is 0 Å². The number of hydrogen-bond donors (Lipinski definition) is 1. The molecular formula is C16H16O2. The van der Waals surface area contributed by atoms with Crippen LogP contribution in [0.25, 0.3) is 11.1 Å². The first kappa shape index (κ1) is 12.4. The van der Waals surface area contributed by atoms with Crippen molar-refractivity contribution in [3.8, 4) is 11.1 Å². The predicted octanol–water partition coefficient (Wildman–Crippen LogP) is 3.93. The van der Waals surface area contributed by atoms with Crippen molar-refractivity contribution >= 4 is 5.97 Å². The third kappa shape index (κ3) is 2.98. The number of aliphatic carboxylic acids is 1. The van der Waals surface area contributed by atoms with Gasteiger partial charge in [-0.3, -0.25) is 4.79 Å². The molecule has 0 saturated carbocycles. The van der Waals surface area contributed by atoms with Gasteiger partial charge in [0.25, 0.3) is 0 Å². The van der Waals surface area contributed by atoms with Crippen LogP contribution < -0.4 is 0 Å². The Bertz CT molecular complexity index is 515. The lowest BCUT2D eigenvalue weighted by molar-refractivity contribution is -0.137. The van der Waals surface area contributed by atoms with Crippen LogP contribution in [0, 0.1) is 0 Å². The van der Waals surface area contributed by atoms with Gasteiger partial charge < -0.3 is 5.11 Å². The van der Waals surface area contributed by atoms with E-state index in [1.807, 2.05) is 49.4 Å². The maximum absolute atomic E-state index is 10.7. The molecule has 0 spiro atoms. The van der Waals surface area contributed by atoms with Gasteiger partial charge in [0, 0.05) is 0 Å². The first-order chi connectivity index (χ1) is 8.66. The van der Waals surface area contributed by atoms with Crippen LogP contribution in [0.15, 0.2) is 54.6 Å². The van der Waals surface area contributed by atoms with Crippen LogP contribution in [0.4, 0.5) is 0 Å². The summed E-state index contributed by atoms with van der Waals surface area (Å²) in [6.07, 6.45) is 0.171. The minimum atomic E-state index is -0.755. The number of hydrogen-bond acceptors (Lipinski definition) is 1. The van der Waals surface area contributed by atoms with Crippen LogP contribution in [-0.4, -0.2) is 11.1 Å². The second kappa shape index (κ2) is 5.50. The molecule has 0 aromatic heterocycles. The predicted molar refractivity (Wildman–Crippen MR) is 72.5 cm³/mol. The number of carboxylic acids is 1. The largest absolute Gasteiger partial charge is 0.481 e. The van der Waals surface area contributed by atoms with Gasteiger partial charge in [0.2, 0.25) is 0 Å². The summed E-state index contributed by atoms with van der Waals surface area (Å²) in [7, 11) is 0. The summed E-state index contributed by atoms with van der Waals surface area (Å²) in [5.41, 5.74) is 3.40. The highest BCUT2D eigenvalue weighted by molar-refractivity contribution is 5.68. The summed E-state index contributed by atoms with van der Waals surface area (Å²) in [6.45, 7) is 1.94. The second-order valence-electron chi connectivity index (χ2n) is 4.49. The Kier molecular flexibility index (Phi) is 3.78. The minimum Gasteiger partial charge on any atom is -0.481 e. The van der Waals surface area contributed by atoms with Gasteiger partial charge in [-0.25, -0.2) is 0 Å². The van der Waals surface area contributed by atoms with Crippen LogP contribution in [-0.2, 0) is 4.79 Å². The van der Waals surface area contributed by atoms with Gasteiger partial charge in [0.15, 0.2) is 0 Å². The number of carbonyl (C=O) groups is 1. The molecule has 2 aromatic rings. The van der Waals surface area contributed by atoms with E-state index in [1.54, 1.807) is 0 Å². The zero-order valence-corrected chi connectivity index (χ0v) is 10.3. The quantitative estimate of drug-likeness (QED) is 0.879. The van der Waals surface area contributed by atoms with E-state index >= 15 is 0 Å². The van der Waals surface area contributed by atoms with E-state index in [4.69, 9.17) is 5.11 Å². The average molecular weight is 240 g/mol. The Labute approximate surface area is 107 Å². The molecule has 0 unspecified atom stereocenters. The molecule has 0 amide bonds. The van der Waals surface area contributed by atoms with Crippen LogP contribution >= 0.6 is 0 Å². The molecule has 1 atom stereocenters. The van der Waals surface area contributed by atoms with Crippen molar-refractivity contribution in [1.29, 1.82) is 0 Å². The van der Waals surface area contributed by atoms with E-state index in [9.17, 15) is 4.79 Å². The fourth-order valence-corrected chi connectivity index (χ4v) is 2.01. The highest BCUT2D eigenvalue weighted by atomic mass is 16.4. The monoisotopic (exact) mass is 240 g/mol. The van der Waals surface area contributed by atoms with E-state index in [-0.39, 0.29) is 12.3 Å². The van der Waals surface area contributed by atoms with Crippen molar-refractivity contribution in [2.75, 3.05) is 0 Å². The van der Waals surface area contributed by atoms with Gasteiger partial charge >= 0.3 is 5.97 Å². The Hall–Kier alpha value is -2.09. The smallest absolute Gasteiger partial charge is 0.303 e. The van der Waals surface area contributed by atoms with Gasteiger partial charge in [-0.1, -0.05) is 61.5 Å². The third-order valence-electron chi connectivity index (χ3n) is 3.07. The highest BCUT2D eigenvalue weighted by Gasteiger charge is 2.09. The SMILES string of the molecule is C[C@H](CC(=O)O)c1ccc(-c2ccccc2)cc1.